The topological polar surface area (TPSA) is 43.1 Å². The van der Waals surface area contributed by atoms with Crippen LogP contribution in [0.15, 0.2) is 83.3 Å². The van der Waals surface area contributed by atoms with E-state index in [1.807, 2.05) is 79.7 Å². The van der Waals surface area contributed by atoms with Gasteiger partial charge in [0.1, 0.15) is 5.52 Å². The fraction of sp³-hybridized carbons (Fsp3) is 0.0435. The van der Waals surface area contributed by atoms with E-state index < -0.39 is 0 Å². The molecule has 26 heavy (non-hydrogen) atoms. The van der Waals surface area contributed by atoms with Crippen LogP contribution in [0.25, 0.3) is 22.7 Å². The van der Waals surface area contributed by atoms with E-state index in [0.717, 1.165) is 11.1 Å². The van der Waals surface area contributed by atoms with Crippen molar-refractivity contribution in [2.45, 2.75) is 6.92 Å². The molecule has 0 fully saturated rings. The molecule has 3 heteroatoms. The lowest BCUT2D eigenvalue weighted by atomic mass is 10.0. The van der Waals surface area contributed by atoms with Crippen LogP contribution in [-0.4, -0.2) is 10.8 Å². The largest absolute Gasteiger partial charge is 0.436 e. The van der Waals surface area contributed by atoms with Crippen LogP contribution in [-0.2, 0) is 0 Å². The number of allylic oxidation sites excluding steroid dienone is 1. The average Bonchev–Trinajstić information content (AvgIpc) is 3.11. The van der Waals surface area contributed by atoms with Crippen molar-refractivity contribution in [3.05, 3.63) is 101 Å². The van der Waals surface area contributed by atoms with Crippen LogP contribution in [0.4, 0.5) is 0 Å². The number of nitrogens with zero attached hydrogens (tertiary/aromatic N) is 1. The zero-order chi connectivity index (χ0) is 17.9. The van der Waals surface area contributed by atoms with Gasteiger partial charge in [-0.25, -0.2) is 4.98 Å². The molecule has 0 atom stereocenters. The van der Waals surface area contributed by atoms with E-state index in [4.69, 9.17) is 4.42 Å². The maximum absolute atomic E-state index is 13.1. The molecule has 0 saturated carbocycles. The van der Waals surface area contributed by atoms with Crippen LogP contribution < -0.4 is 0 Å². The van der Waals surface area contributed by atoms with Gasteiger partial charge in [-0.3, -0.25) is 4.79 Å². The minimum Gasteiger partial charge on any atom is -0.436 e. The van der Waals surface area contributed by atoms with Crippen LogP contribution >= 0.6 is 0 Å². The van der Waals surface area contributed by atoms with Gasteiger partial charge < -0.3 is 4.42 Å². The molecular weight excluding hydrogens is 322 g/mol. The van der Waals surface area contributed by atoms with E-state index in [2.05, 4.69) is 4.98 Å². The number of aromatic nitrogens is 1. The lowest BCUT2D eigenvalue weighted by molar-refractivity contribution is 0.105. The molecule has 0 aliphatic carbocycles. The smallest absolute Gasteiger partial charge is 0.231 e. The number of oxazole rings is 1. The van der Waals surface area contributed by atoms with E-state index in [0.29, 0.717) is 22.6 Å². The third-order valence-electron chi connectivity index (χ3n) is 4.19. The van der Waals surface area contributed by atoms with Gasteiger partial charge in [0.15, 0.2) is 11.4 Å². The van der Waals surface area contributed by atoms with Crippen molar-refractivity contribution in [3.63, 3.8) is 0 Å². The Morgan fingerprint density at radius 1 is 0.885 bits per heavy atom. The predicted molar refractivity (Wildman–Crippen MR) is 104 cm³/mol. The van der Waals surface area contributed by atoms with Crippen molar-refractivity contribution >= 4 is 28.5 Å². The Balaban J connectivity index is 1.85. The molecule has 0 saturated heterocycles. The van der Waals surface area contributed by atoms with Gasteiger partial charge in [-0.05, 0) is 30.7 Å². The number of Topliss-reactive ketones (excluding diaryl/α,β-unsaturated/α-hetero) is 1. The highest BCUT2D eigenvalue weighted by atomic mass is 16.3. The first-order valence-electron chi connectivity index (χ1n) is 8.45. The lowest BCUT2D eigenvalue weighted by Gasteiger charge is -2.04. The van der Waals surface area contributed by atoms with Crippen LogP contribution in [0.1, 0.15) is 27.4 Å². The zero-order valence-electron chi connectivity index (χ0n) is 14.3. The molecule has 0 N–H and O–H groups in total. The van der Waals surface area contributed by atoms with Crippen LogP contribution in [0.2, 0.25) is 0 Å². The highest BCUT2D eigenvalue weighted by Crippen LogP contribution is 2.26. The van der Waals surface area contributed by atoms with Crippen molar-refractivity contribution in [1.29, 1.82) is 0 Å². The predicted octanol–water partition coefficient (Wildman–Crippen LogP) is 5.56. The van der Waals surface area contributed by atoms with Gasteiger partial charge in [0, 0.05) is 5.56 Å². The van der Waals surface area contributed by atoms with Gasteiger partial charge in [-0.1, -0.05) is 72.3 Å². The van der Waals surface area contributed by atoms with E-state index in [1.165, 1.54) is 5.56 Å². The molecule has 4 aromatic rings. The second-order valence-electron chi connectivity index (χ2n) is 6.15. The Hall–Kier alpha value is -3.46. The molecule has 4 rings (SSSR count). The van der Waals surface area contributed by atoms with Crippen molar-refractivity contribution in [1.82, 2.24) is 4.98 Å². The number of carbonyl (C=O) groups is 1. The van der Waals surface area contributed by atoms with Crippen molar-refractivity contribution < 1.29 is 9.21 Å². The quantitative estimate of drug-likeness (QED) is 0.361. The molecule has 0 spiro atoms. The summed E-state index contributed by atoms with van der Waals surface area (Å²) in [6.07, 6.45) is 1.83. The normalized spacial score (nSPS) is 11.7. The van der Waals surface area contributed by atoms with Gasteiger partial charge in [-0.2, -0.15) is 0 Å². The third kappa shape index (κ3) is 3.20. The number of rotatable bonds is 4. The lowest BCUT2D eigenvalue weighted by Crippen LogP contribution is -2.03. The Morgan fingerprint density at radius 3 is 2.31 bits per heavy atom. The Bertz CT molecular complexity index is 1060. The molecule has 0 radical (unpaired) electrons. The highest BCUT2D eigenvalue weighted by Gasteiger charge is 2.20. The second kappa shape index (κ2) is 6.81. The minimum absolute atomic E-state index is 0.113. The number of aryl methyl sites for hydroxylation is 1. The molecule has 0 aliphatic rings. The molecule has 1 aromatic heterocycles. The summed E-state index contributed by atoms with van der Waals surface area (Å²) in [4.78, 5) is 17.6. The number of hydrogen-bond acceptors (Lipinski definition) is 3. The van der Waals surface area contributed by atoms with Crippen molar-refractivity contribution in [2.24, 2.45) is 0 Å². The first-order valence-corrected chi connectivity index (χ1v) is 8.45. The van der Waals surface area contributed by atoms with Gasteiger partial charge in [-0.15, -0.1) is 0 Å². The maximum Gasteiger partial charge on any atom is 0.231 e. The van der Waals surface area contributed by atoms with Gasteiger partial charge in [0.2, 0.25) is 5.89 Å². The molecule has 0 bridgehead atoms. The van der Waals surface area contributed by atoms with Crippen LogP contribution in [0.3, 0.4) is 0 Å². The van der Waals surface area contributed by atoms with Gasteiger partial charge in [0.25, 0.3) is 0 Å². The van der Waals surface area contributed by atoms with Crippen molar-refractivity contribution in [3.8, 4) is 0 Å². The van der Waals surface area contributed by atoms with Crippen LogP contribution in [0.5, 0.6) is 0 Å². The molecular formula is C23H17NO2. The molecule has 1 heterocycles. The number of ketones is 1. The van der Waals surface area contributed by atoms with E-state index in [-0.39, 0.29) is 5.78 Å². The van der Waals surface area contributed by atoms with Crippen LogP contribution in [0, 0.1) is 6.92 Å². The Labute approximate surface area is 151 Å². The van der Waals surface area contributed by atoms with E-state index in [1.54, 1.807) is 12.1 Å². The summed E-state index contributed by atoms with van der Waals surface area (Å²) in [6, 6.07) is 24.7. The summed E-state index contributed by atoms with van der Waals surface area (Å²) in [5.74, 6) is 0.221. The number of para-hydroxylation sites is 2. The first-order chi connectivity index (χ1) is 12.7. The van der Waals surface area contributed by atoms with Gasteiger partial charge in [0.05, 0.1) is 5.57 Å². The molecule has 0 aliphatic heterocycles. The number of fused-ring (bicyclic) bond motifs is 1. The van der Waals surface area contributed by atoms with Crippen molar-refractivity contribution in [2.75, 3.05) is 0 Å². The summed E-state index contributed by atoms with van der Waals surface area (Å²) in [7, 11) is 0. The summed E-state index contributed by atoms with van der Waals surface area (Å²) >= 11 is 0. The molecule has 3 nitrogen and oxygen atoms in total. The minimum atomic E-state index is -0.113. The number of benzene rings is 3. The molecule has 3 aromatic carbocycles. The Morgan fingerprint density at radius 2 is 1.58 bits per heavy atom. The fourth-order valence-corrected chi connectivity index (χ4v) is 2.79. The fourth-order valence-electron chi connectivity index (χ4n) is 2.79. The Kier molecular flexibility index (Phi) is 4.20. The highest BCUT2D eigenvalue weighted by molar-refractivity contribution is 6.31. The summed E-state index contributed by atoms with van der Waals surface area (Å²) in [5, 5.41) is 0. The van der Waals surface area contributed by atoms with E-state index in [9.17, 15) is 4.79 Å². The number of hydrogen-bond donors (Lipinski definition) is 0. The average molecular weight is 339 g/mol. The maximum atomic E-state index is 13.1. The SMILES string of the molecule is Cc1ccc(/C=C(/C(=O)c2ccccc2)c2nc3ccccc3o2)cc1. The van der Waals surface area contributed by atoms with E-state index >= 15 is 0 Å². The molecule has 126 valence electrons. The summed E-state index contributed by atoms with van der Waals surface area (Å²) in [5.41, 5.74) is 4.54. The first kappa shape index (κ1) is 16.0. The third-order valence-corrected chi connectivity index (χ3v) is 4.19. The monoisotopic (exact) mass is 339 g/mol. The zero-order valence-corrected chi connectivity index (χ0v) is 14.3. The van der Waals surface area contributed by atoms with Gasteiger partial charge >= 0.3 is 0 Å². The summed E-state index contributed by atoms with van der Waals surface area (Å²) < 4.78 is 5.87. The number of carbonyl (C=O) groups excluding carboxylic acids is 1. The standard InChI is InChI=1S/C23H17NO2/c1-16-11-13-17(14-12-16)15-19(22(25)18-7-3-2-4-8-18)23-24-20-9-5-6-10-21(20)26-23/h2-15H,1H3/b19-15-. The molecule has 0 unspecified atom stereocenters. The second-order valence-corrected chi connectivity index (χ2v) is 6.15. The molecule has 0 amide bonds. The summed E-state index contributed by atoms with van der Waals surface area (Å²) in [6.45, 7) is 2.03.